The Hall–Kier alpha value is -1.82. The van der Waals surface area contributed by atoms with Gasteiger partial charge in [-0.2, -0.15) is 18.3 Å². The molecule has 0 aliphatic carbocycles. The maximum atomic E-state index is 12.8. The zero-order valence-corrected chi connectivity index (χ0v) is 10.5. The quantitative estimate of drug-likeness (QED) is 0.795. The number of benzene rings is 1. The highest BCUT2D eigenvalue weighted by molar-refractivity contribution is 6.34. The summed E-state index contributed by atoms with van der Waals surface area (Å²) in [5.74, 6) is -0.807. The van der Waals surface area contributed by atoms with Crippen LogP contribution >= 0.6 is 11.6 Å². The Morgan fingerprint density at radius 1 is 1.32 bits per heavy atom. The van der Waals surface area contributed by atoms with Crippen molar-refractivity contribution in [3.8, 4) is 0 Å². The van der Waals surface area contributed by atoms with Crippen molar-refractivity contribution in [3.05, 3.63) is 52.3 Å². The molecule has 0 unspecified atom stereocenters. The molecule has 0 spiro atoms. The van der Waals surface area contributed by atoms with E-state index in [9.17, 15) is 18.0 Å². The van der Waals surface area contributed by atoms with Gasteiger partial charge in [0, 0.05) is 12.6 Å². The molecule has 7 heteroatoms. The molecule has 3 nitrogen and oxygen atoms in total. The molecule has 0 atom stereocenters. The van der Waals surface area contributed by atoms with E-state index in [0.29, 0.717) is 0 Å². The van der Waals surface area contributed by atoms with E-state index >= 15 is 0 Å². The smallest absolute Gasteiger partial charge is 0.287 e. The van der Waals surface area contributed by atoms with E-state index in [4.69, 9.17) is 11.6 Å². The van der Waals surface area contributed by atoms with Crippen molar-refractivity contribution in [3.63, 3.8) is 0 Å². The van der Waals surface area contributed by atoms with E-state index in [2.05, 4.69) is 5.10 Å². The molecule has 0 radical (unpaired) electrons. The molecule has 0 N–H and O–H groups in total. The lowest BCUT2D eigenvalue weighted by atomic mass is 10.0. The summed E-state index contributed by atoms with van der Waals surface area (Å²) in [6, 6.07) is 4.57. The highest BCUT2D eigenvalue weighted by Gasteiger charge is 2.35. The number of carbonyl (C=O) groups is 1. The molecular weight excluding hydrogens is 281 g/mol. The Bertz CT molecular complexity index is 615. The summed E-state index contributed by atoms with van der Waals surface area (Å²) < 4.78 is 39.7. The van der Waals surface area contributed by atoms with Crippen molar-refractivity contribution in [1.82, 2.24) is 9.78 Å². The molecule has 19 heavy (non-hydrogen) atoms. The molecule has 0 saturated carbocycles. The Labute approximate surface area is 111 Å². The van der Waals surface area contributed by atoms with E-state index in [1.165, 1.54) is 25.4 Å². The molecule has 0 saturated heterocycles. The minimum atomic E-state index is -4.60. The third kappa shape index (κ3) is 2.49. The molecule has 1 aromatic carbocycles. The fraction of sp³-hybridized carbons (Fsp3) is 0.167. The van der Waals surface area contributed by atoms with Gasteiger partial charge in [-0.3, -0.25) is 9.48 Å². The number of hydrogen-bond donors (Lipinski definition) is 0. The molecular formula is C12H8ClF3N2O. The first-order chi connectivity index (χ1) is 8.82. The number of alkyl halides is 3. The molecule has 1 aromatic heterocycles. The molecule has 0 bridgehead atoms. The summed E-state index contributed by atoms with van der Waals surface area (Å²) in [5, 5.41) is 3.76. The molecule has 0 aliphatic heterocycles. The number of halogens is 4. The maximum Gasteiger partial charge on any atom is 0.417 e. The molecule has 0 amide bonds. The van der Waals surface area contributed by atoms with Gasteiger partial charge in [-0.25, -0.2) is 0 Å². The van der Waals surface area contributed by atoms with E-state index in [1.54, 1.807) is 0 Å². The summed E-state index contributed by atoms with van der Waals surface area (Å²) in [4.78, 5) is 12.2. The van der Waals surface area contributed by atoms with E-state index < -0.39 is 23.1 Å². The second kappa shape index (κ2) is 4.70. The van der Waals surface area contributed by atoms with Gasteiger partial charge in [0.2, 0.25) is 5.78 Å². The normalized spacial score (nSPS) is 11.6. The van der Waals surface area contributed by atoms with Crippen LogP contribution in [0.2, 0.25) is 5.02 Å². The lowest BCUT2D eigenvalue weighted by molar-refractivity contribution is -0.137. The fourth-order valence-electron chi connectivity index (χ4n) is 1.72. The third-order valence-electron chi connectivity index (χ3n) is 2.59. The molecule has 2 rings (SSSR count). The van der Waals surface area contributed by atoms with Crippen LogP contribution in [0.3, 0.4) is 0 Å². The summed E-state index contributed by atoms with van der Waals surface area (Å²) in [7, 11) is 1.44. The summed E-state index contributed by atoms with van der Waals surface area (Å²) in [6.07, 6.45) is -3.39. The monoisotopic (exact) mass is 288 g/mol. The lowest BCUT2D eigenvalue weighted by Gasteiger charge is -2.11. The lowest BCUT2D eigenvalue weighted by Crippen LogP contribution is -2.16. The van der Waals surface area contributed by atoms with Crippen LogP contribution in [-0.4, -0.2) is 15.6 Å². The van der Waals surface area contributed by atoms with Gasteiger partial charge in [0.1, 0.15) is 5.69 Å². The van der Waals surface area contributed by atoms with Crippen LogP contribution in [-0.2, 0) is 13.2 Å². The van der Waals surface area contributed by atoms with Crippen molar-refractivity contribution < 1.29 is 18.0 Å². The summed E-state index contributed by atoms with van der Waals surface area (Å²) >= 11 is 5.77. The van der Waals surface area contributed by atoms with Crippen LogP contribution in [0, 0.1) is 0 Å². The summed E-state index contributed by atoms with van der Waals surface area (Å²) in [6.45, 7) is 0. The van der Waals surface area contributed by atoms with E-state index in [1.807, 2.05) is 0 Å². The number of carbonyl (C=O) groups excluding carboxylic acids is 1. The number of hydrogen-bond acceptors (Lipinski definition) is 2. The Morgan fingerprint density at radius 2 is 1.95 bits per heavy atom. The zero-order chi connectivity index (χ0) is 14.2. The van der Waals surface area contributed by atoms with E-state index in [0.717, 1.165) is 16.8 Å². The summed E-state index contributed by atoms with van der Waals surface area (Å²) in [5.41, 5.74) is -1.50. The van der Waals surface area contributed by atoms with Crippen molar-refractivity contribution in [2.45, 2.75) is 6.18 Å². The third-order valence-corrected chi connectivity index (χ3v) is 2.86. The van der Waals surface area contributed by atoms with E-state index in [-0.39, 0.29) is 10.7 Å². The first-order valence-electron chi connectivity index (χ1n) is 5.21. The average molecular weight is 289 g/mol. The predicted octanol–water partition coefficient (Wildman–Crippen LogP) is 3.32. The molecule has 100 valence electrons. The van der Waals surface area contributed by atoms with Crippen LogP contribution < -0.4 is 0 Å². The number of aryl methyl sites for hydroxylation is 1. The van der Waals surface area contributed by atoms with Gasteiger partial charge >= 0.3 is 6.18 Å². The average Bonchev–Trinajstić information content (AvgIpc) is 2.67. The number of nitrogens with zero attached hydrogens (tertiary/aromatic N) is 2. The number of rotatable bonds is 2. The number of aromatic nitrogens is 2. The van der Waals surface area contributed by atoms with Crippen molar-refractivity contribution in [2.24, 2.45) is 7.05 Å². The van der Waals surface area contributed by atoms with Gasteiger partial charge in [0.25, 0.3) is 0 Å². The predicted molar refractivity (Wildman–Crippen MR) is 63.1 cm³/mol. The molecule has 0 aliphatic rings. The zero-order valence-electron chi connectivity index (χ0n) is 9.70. The first-order valence-corrected chi connectivity index (χ1v) is 5.58. The van der Waals surface area contributed by atoms with Gasteiger partial charge < -0.3 is 0 Å². The Morgan fingerprint density at radius 3 is 2.47 bits per heavy atom. The highest BCUT2D eigenvalue weighted by Crippen LogP contribution is 2.33. The largest absolute Gasteiger partial charge is 0.417 e. The Kier molecular flexibility index (Phi) is 3.36. The molecule has 2 aromatic rings. The van der Waals surface area contributed by atoms with Crippen LogP contribution in [0.4, 0.5) is 13.2 Å². The SMILES string of the molecule is Cn1ncc(Cl)c1C(=O)c1ccccc1C(F)(F)F. The minimum absolute atomic E-state index is 0.0180. The van der Waals surface area contributed by atoms with Crippen molar-refractivity contribution in [2.75, 3.05) is 0 Å². The first kappa shape index (κ1) is 13.6. The van der Waals surface area contributed by atoms with Gasteiger partial charge in [0.15, 0.2) is 0 Å². The van der Waals surface area contributed by atoms with Gasteiger partial charge in [-0.1, -0.05) is 29.8 Å². The maximum absolute atomic E-state index is 12.8. The number of ketones is 1. The molecule has 0 fully saturated rings. The molecule has 1 heterocycles. The minimum Gasteiger partial charge on any atom is -0.287 e. The van der Waals surface area contributed by atoms with Crippen LogP contribution in [0.1, 0.15) is 21.6 Å². The van der Waals surface area contributed by atoms with Gasteiger partial charge in [-0.05, 0) is 6.07 Å². The Balaban J connectivity index is 2.58. The second-order valence-corrected chi connectivity index (χ2v) is 4.24. The van der Waals surface area contributed by atoms with Crippen LogP contribution in [0.15, 0.2) is 30.5 Å². The van der Waals surface area contributed by atoms with Crippen LogP contribution in [0.5, 0.6) is 0 Å². The van der Waals surface area contributed by atoms with Crippen molar-refractivity contribution >= 4 is 17.4 Å². The van der Waals surface area contributed by atoms with Gasteiger partial charge in [-0.15, -0.1) is 0 Å². The standard InChI is InChI=1S/C12H8ClF3N2O/c1-18-10(9(13)6-17-18)11(19)7-4-2-3-5-8(7)12(14,15)16/h2-6H,1H3. The van der Waals surface area contributed by atoms with Crippen LogP contribution in [0.25, 0.3) is 0 Å². The van der Waals surface area contributed by atoms with Gasteiger partial charge in [0.05, 0.1) is 16.8 Å². The van der Waals surface area contributed by atoms with Crippen molar-refractivity contribution in [1.29, 1.82) is 0 Å². The highest BCUT2D eigenvalue weighted by atomic mass is 35.5. The topological polar surface area (TPSA) is 34.9 Å². The second-order valence-electron chi connectivity index (χ2n) is 3.84. The fourth-order valence-corrected chi connectivity index (χ4v) is 1.97.